The van der Waals surface area contributed by atoms with E-state index in [-0.39, 0.29) is 12.5 Å². The Labute approximate surface area is 99.7 Å². The Kier molecular flexibility index (Phi) is 3.88. The van der Waals surface area contributed by atoms with E-state index in [1.54, 1.807) is 25.5 Å². The van der Waals surface area contributed by atoms with Gasteiger partial charge in [-0.25, -0.2) is 4.98 Å². The molecule has 94 valence electrons. The van der Waals surface area contributed by atoms with Crippen molar-refractivity contribution in [2.75, 3.05) is 6.54 Å². The van der Waals surface area contributed by atoms with Crippen molar-refractivity contribution in [2.45, 2.75) is 20.3 Å². The molecular weight excluding hydrogens is 222 g/mol. The zero-order valence-electron chi connectivity index (χ0n) is 10.2. The van der Waals surface area contributed by atoms with E-state index < -0.39 is 11.4 Å². The summed E-state index contributed by atoms with van der Waals surface area (Å²) in [6.07, 6.45) is 3.42. The predicted octanol–water partition coefficient (Wildman–Crippen LogP) is 0.651. The normalized spacial score (nSPS) is 14.1. The maximum Gasteiger partial charge on any atom is 0.311 e. The quantitative estimate of drug-likeness (QED) is 0.790. The Hall–Kier alpha value is -1.85. The van der Waals surface area contributed by atoms with Crippen molar-refractivity contribution in [2.24, 2.45) is 12.5 Å². The van der Waals surface area contributed by atoms with Crippen molar-refractivity contribution in [3.05, 3.63) is 18.2 Å². The van der Waals surface area contributed by atoms with Gasteiger partial charge in [0.15, 0.2) is 0 Å². The third-order valence-electron chi connectivity index (χ3n) is 2.99. The molecule has 0 aromatic carbocycles. The molecule has 0 aliphatic carbocycles. The molecule has 1 rings (SSSR count). The maximum atomic E-state index is 11.7. The van der Waals surface area contributed by atoms with Gasteiger partial charge in [0, 0.05) is 13.6 Å². The van der Waals surface area contributed by atoms with Crippen LogP contribution in [0.2, 0.25) is 0 Å². The number of amides is 1. The van der Waals surface area contributed by atoms with E-state index in [9.17, 15) is 9.59 Å². The van der Waals surface area contributed by atoms with Crippen LogP contribution >= 0.6 is 0 Å². The molecular formula is C11H17N3O3. The molecule has 0 bridgehead atoms. The smallest absolute Gasteiger partial charge is 0.311 e. The largest absolute Gasteiger partial charge is 0.481 e. The van der Waals surface area contributed by atoms with E-state index in [1.165, 1.54) is 12.5 Å². The molecule has 0 saturated heterocycles. The second kappa shape index (κ2) is 4.99. The third-order valence-corrected chi connectivity index (χ3v) is 2.99. The number of aryl methyl sites for hydroxylation is 1. The fourth-order valence-corrected chi connectivity index (χ4v) is 1.29. The average Bonchev–Trinajstić information content (AvgIpc) is 2.71. The van der Waals surface area contributed by atoms with E-state index in [0.717, 1.165) is 0 Å². The Morgan fingerprint density at radius 1 is 1.59 bits per heavy atom. The summed E-state index contributed by atoms with van der Waals surface area (Å²) in [7, 11) is 1.71. The highest BCUT2D eigenvalue weighted by molar-refractivity contribution is 5.92. The first-order valence-corrected chi connectivity index (χ1v) is 5.38. The number of aliphatic carboxylic acids is 1. The Morgan fingerprint density at radius 3 is 2.65 bits per heavy atom. The number of carbonyl (C=O) groups excluding carboxylic acids is 1. The summed E-state index contributed by atoms with van der Waals surface area (Å²) < 4.78 is 1.58. The van der Waals surface area contributed by atoms with Crippen LogP contribution in [-0.2, 0) is 11.8 Å². The van der Waals surface area contributed by atoms with E-state index in [0.29, 0.717) is 12.1 Å². The minimum atomic E-state index is -0.936. The topological polar surface area (TPSA) is 84.2 Å². The first-order valence-electron chi connectivity index (χ1n) is 5.38. The van der Waals surface area contributed by atoms with Crippen molar-refractivity contribution in [1.29, 1.82) is 0 Å². The minimum Gasteiger partial charge on any atom is -0.481 e. The summed E-state index contributed by atoms with van der Waals surface area (Å²) in [6.45, 7) is 3.49. The lowest BCUT2D eigenvalue weighted by Gasteiger charge is -2.23. The number of nitrogens with one attached hydrogen (secondary N) is 1. The standard InChI is InChI=1S/C11H17N3O3/c1-4-11(2,10(16)17)6-13-9(15)8-5-12-7-14(8)3/h5,7H,4,6H2,1-3H3,(H,13,15)(H,16,17). The van der Waals surface area contributed by atoms with Gasteiger partial charge in [-0.3, -0.25) is 9.59 Å². The summed E-state index contributed by atoms with van der Waals surface area (Å²) in [6, 6.07) is 0. The number of rotatable bonds is 5. The Balaban J connectivity index is 2.66. The van der Waals surface area contributed by atoms with E-state index in [2.05, 4.69) is 10.3 Å². The van der Waals surface area contributed by atoms with Gasteiger partial charge < -0.3 is 15.0 Å². The number of carboxylic acids is 1. The lowest BCUT2D eigenvalue weighted by atomic mass is 9.88. The zero-order valence-corrected chi connectivity index (χ0v) is 10.2. The fraction of sp³-hybridized carbons (Fsp3) is 0.545. The lowest BCUT2D eigenvalue weighted by Crippen LogP contribution is -2.41. The van der Waals surface area contributed by atoms with Gasteiger partial charge in [0.2, 0.25) is 0 Å². The molecule has 0 aliphatic rings. The SMILES string of the molecule is CCC(C)(CNC(=O)c1cncn1C)C(=O)O. The second-order valence-electron chi connectivity index (χ2n) is 4.29. The molecule has 0 radical (unpaired) electrons. The van der Waals surface area contributed by atoms with Crippen LogP contribution in [0.25, 0.3) is 0 Å². The molecule has 1 amide bonds. The van der Waals surface area contributed by atoms with Crippen molar-refractivity contribution < 1.29 is 14.7 Å². The molecule has 0 saturated carbocycles. The average molecular weight is 239 g/mol. The highest BCUT2D eigenvalue weighted by atomic mass is 16.4. The van der Waals surface area contributed by atoms with Crippen LogP contribution in [0.4, 0.5) is 0 Å². The summed E-state index contributed by atoms with van der Waals surface area (Å²) in [5.74, 6) is -1.23. The highest BCUT2D eigenvalue weighted by Crippen LogP contribution is 2.19. The van der Waals surface area contributed by atoms with Crippen LogP contribution in [-0.4, -0.2) is 33.1 Å². The molecule has 1 aromatic heterocycles. The van der Waals surface area contributed by atoms with Gasteiger partial charge in [0.25, 0.3) is 5.91 Å². The minimum absolute atomic E-state index is 0.100. The van der Waals surface area contributed by atoms with E-state index >= 15 is 0 Å². The number of aromatic nitrogens is 2. The molecule has 0 spiro atoms. The number of hydrogen-bond donors (Lipinski definition) is 2. The summed E-state index contributed by atoms with van der Waals surface area (Å²) in [4.78, 5) is 26.6. The van der Waals surface area contributed by atoms with Gasteiger partial charge in [-0.15, -0.1) is 0 Å². The number of carboxylic acid groups (broad SMARTS) is 1. The van der Waals surface area contributed by atoms with Crippen molar-refractivity contribution >= 4 is 11.9 Å². The van der Waals surface area contributed by atoms with E-state index in [4.69, 9.17) is 5.11 Å². The summed E-state index contributed by atoms with van der Waals surface area (Å²) in [5, 5.41) is 11.7. The van der Waals surface area contributed by atoms with Crippen molar-refractivity contribution in [1.82, 2.24) is 14.9 Å². The number of imidazole rings is 1. The van der Waals surface area contributed by atoms with Crippen LogP contribution in [0.1, 0.15) is 30.8 Å². The zero-order chi connectivity index (χ0) is 13.1. The first kappa shape index (κ1) is 13.2. The molecule has 6 nitrogen and oxygen atoms in total. The van der Waals surface area contributed by atoms with Crippen molar-refractivity contribution in [3.8, 4) is 0 Å². The van der Waals surface area contributed by atoms with Gasteiger partial charge in [0.1, 0.15) is 5.69 Å². The molecule has 17 heavy (non-hydrogen) atoms. The molecule has 2 N–H and O–H groups in total. The number of hydrogen-bond acceptors (Lipinski definition) is 3. The van der Waals surface area contributed by atoms with Crippen LogP contribution < -0.4 is 5.32 Å². The van der Waals surface area contributed by atoms with Crippen LogP contribution in [0.5, 0.6) is 0 Å². The van der Waals surface area contributed by atoms with Crippen LogP contribution in [0.3, 0.4) is 0 Å². The maximum absolute atomic E-state index is 11.7. The molecule has 1 aromatic rings. The second-order valence-corrected chi connectivity index (χ2v) is 4.29. The molecule has 1 unspecified atom stereocenters. The molecule has 1 heterocycles. The van der Waals surface area contributed by atoms with Gasteiger partial charge in [-0.1, -0.05) is 6.92 Å². The van der Waals surface area contributed by atoms with Gasteiger partial charge in [-0.05, 0) is 13.3 Å². The first-order chi connectivity index (χ1) is 7.90. The van der Waals surface area contributed by atoms with Gasteiger partial charge >= 0.3 is 5.97 Å². The molecule has 6 heteroatoms. The third kappa shape index (κ3) is 2.83. The predicted molar refractivity (Wildman–Crippen MR) is 61.6 cm³/mol. The molecule has 0 fully saturated rings. The van der Waals surface area contributed by atoms with Crippen molar-refractivity contribution in [3.63, 3.8) is 0 Å². The number of carbonyl (C=O) groups is 2. The van der Waals surface area contributed by atoms with Crippen LogP contribution in [0.15, 0.2) is 12.5 Å². The Morgan fingerprint density at radius 2 is 2.24 bits per heavy atom. The van der Waals surface area contributed by atoms with E-state index in [1.807, 2.05) is 0 Å². The lowest BCUT2D eigenvalue weighted by molar-refractivity contribution is -0.147. The Bertz CT molecular complexity index is 427. The summed E-state index contributed by atoms with van der Waals surface area (Å²) in [5.41, 5.74) is -0.525. The van der Waals surface area contributed by atoms with Gasteiger partial charge in [-0.2, -0.15) is 0 Å². The fourth-order valence-electron chi connectivity index (χ4n) is 1.29. The molecule has 1 atom stereocenters. The number of nitrogens with zero attached hydrogens (tertiary/aromatic N) is 2. The summed E-state index contributed by atoms with van der Waals surface area (Å²) >= 11 is 0. The van der Waals surface area contributed by atoms with Crippen LogP contribution in [0, 0.1) is 5.41 Å². The highest BCUT2D eigenvalue weighted by Gasteiger charge is 2.31. The monoisotopic (exact) mass is 239 g/mol. The molecule has 0 aliphatic heterocycles. The van der Waals surface area contributed by atoms with Gasteiger partial charge in [0.05, 0.1) is 17.9 Å².